The van der Waals surface area contributed by atoms with E-state index < -0.39 is 0 Å². The molecule has 0 aliphatic carbocycles. The van der Waals surface area contributed by atoms with Gasteiger partial charge in [0.2, 0.25) is 12.7 Å². The lowest BCUT2D eigenvalue weighted by atomic mass is 9.84. The number of phenolic OH excluding ortho intramolecular Hbond substituents is 1. The zero-order chi connectivity index (χ0) is 16.0. The number of nitrogens with one attached hydrogen (secondary N) is 1. The summed E-state index contributed by atoms with van der Waals surface area (Å²) in [4.78, 5) is 12.0. The molecule has 2 heterocycles. The predicted molar refractivity (Wildman–Crippen MR) is 82.3 cm³/mol. The molecule has 0 saturated carbocycles. The number of carbonyl (C=O) groups is 1. The number of fused-ring (bicyclic) bond motifs is 2. The first-order chi connectivity index (χ1) is 11.2. The molecule has 2 aromatic carbocycles. The van der Waals surface area contributed by atoms with E-state index in [-0.39, 0.29) is 24.4 Å². The fraction of sp³-hybridized carbons (Fsp3) is 0.235. The van der Waals surface area contributed by atoms with Gasteiger partial charge in [0.25, 0.3) is 0 Å². The summed E-state index contributed by atoms with van der Waals surface area (Å²) in [7, 11) is 1.50. The van der Waals surface area contributed by atoms with E-state index in [1.807, 2.05) is 12.1 Å². The molecule has 2 N–H and O–H groups in total. The summed E-state index contributed by atoms with van der Waals surface area (Å²) in [6.07, 6.45) is 0.304. The zero-order valence-electron chi connectivity index (χ0n) is 12.5. The monoisotopic (exact) mass is 313 g/mol. The van der Waals surface area contributed by atoms with Gasteiger partial charge in [0.1, 0.15) is 0 Å². The van der Waals surface area contributed by atoms with E-state index in [2.05, 4.69) is 5.32 Å². The maximum absolute atomic E-state index is 12.0. The molecule has 2 aliphatic rings. The van der Waals surface area contributed by atoms with Crippen molar-refractivity contribution in [1.29, 1.82) is 0 Å². The lowest BCUT2D eigenvalue weighted by Gasteiger charge is -2.26. The predicted octanol–water partition coefficient (Wildman–Crippen LogP) is 2.60. The third-order valence-electron chi connectivity index (χ3n) is 4.19. The highest BCUT2D eigenvalue weighted by molar-refractivity contribution is 5.96. The Balaban J connectivity index is 1.81. The molecule has 0 radical (unpaired) electrons. The summed E-state index contributed by atoms with van der Waals surface area (Å²) in [5.74, 6) is 1.52. The maximum atomic E-state index is 12.0. The number of ether oxygens (including phenoxy) is 3. The minimum atomic E-state index is -0.162. The van der Waals surface area contributed by atoms with Crippen molar-refractivity contribution in [2.24, 2.45) is 0 Å². The van der Waals surface area contributed by atoms with Crippen molar-refractivity contribution in [2.45, 2.75) is 12.3 Å². The second kappa shape index (κ2) is 5.08. The van der Waals surface area contributed by atoms with E-state index in [1.165, 1.54) is 7.11 Å². The average Bonchev–Trinajstić information content (AvgIpc) is 2.99. The van der Waals surface area contributed by atoms with Gasteiger partial charge in [-0.25, -0.2) is 0 Å². The molecule has 0 bridgehead atoms. The molecule has 1 atom stereocenters. The number of benzene rings is 2. The van der Waals surface area contributed by atoms with E-state index in [9.17, 15) is 9.90 Å². The van der Waals surface area contributed by atoms with Crippen molar-refractivity contribution in [3.05, 3.63) is 41.5 Å². The Hall–Kier alpha value is -2.89. The van der Waals surface area contributed by atoms with Crippen LogP contribution < -0.4 is 19.5 Å². The molecule has 4 rings (SSSR count). The quantitative estimate of drug-likeness (QED) is 0.891. The lowest BCUT2D eigenvalue weighted by Crippen LogP contribution is -2.23. The van der Waals surface area contributed by atoms with Gasteiger partial charge in [0.15, 0.2) is 23.0 Å². The zero-order valence-corrected chi connectivity index (χ0v) is 12.5. The van der Waals surface area contributed by atoms with Gasteiger partial charge in [-0.2, -0.15) is 0 Å². The fourth-order valence-electron chi connectivity index (χ4n) is 3.07. The number of methoxy groups -OCH3 is 1. The van der Waals surface area contributed by atoms with Crippen LogP contribution in [0.4, 0.5) is 5.69 Å². The number of phenols is 1. The van der Waals surface area contributed by atoms with Gasteiger partial charge in [-0.1, -0.05) is 6.07 Å². The van der Waals surface area contributed by atoms with Crippen LogP contribution in [-0.2, 0) is 4.79 Å². The van der Waals surface area contributed by atoms with Crippen LogP contribution in [0.3, 0.4) is 0 Å². The highest BCUT2D eigenvalue weighted by Gasteiger charge is 2.30. The van der Waals surface area contributed by atoms with Crippen LogP contribution in [0.15, 0.2) is 30.3 Å². The number of anilines is 1. The Morgan fingerprint density at radius 3 is 2.74 bits per heavy atom. The normalized spacial score (nSPS) is 18.3. The van der Waals surface area contributed by atoms with Crippen LogP contribution in [0.25, 0.3) is 0 Å². The van der Waals surface area contributed by atoms with E-state index in [0.29, 0.717) is 29.4 Å². The highest BCUT2D eigenvalue weighted by Crippen LogP contribution is 2.45. The summed E-state index contributed by atoms with van der Waals surface area (Å²) in [5, 5.41) is 12.9. The van der Waals surface area contributed by atoms with Crippen LogP contribution >= 0.6 is 0 Å². The lowest BCUT2D eigenvalue weighted by molar-refractivity contribution is -0.116. The van der Waals surface area contributed by atoms with Gasteiger partial charge < -0.3 is 24.6 Å². The largest absolute Gasteiger partial charge is 0.504 e. The third kappa shape index (κ3) is 2.23. The average molecular weight is 313 g/mol. The van der Waals surface area contributed by atoms with Crippen LogP contribution in [-0.4, -0.2) is 24.9 Å². The van der Waals surface area contributed by atoms with E-state index >= 15 is 0 Å². The standard InChI is InChI=1S/C17H15NO5/c1-21-14-3-2-9(4-13(14)19)10-6-17(20)18-12-7-16-15(5-11(10)12)22-8-23-16/h2-5,7,10,19H,6,8H2,1H3,(H,18,20). The minimum absolute atomic E-state index is 0.0540. The van der Waals surface area contributed by atoms with E-state index in [4.69, 9.17) is 14.2 Å². The van der Waals surface area contributed by atoms with Crippen molar-refractivity contribution < 1.29 is 24.1 Å². The van der Waals surface area contributed by atoms with Crippen molar-refractivity contribution in [3.63, 3.8) is 0 Å². The van der Waals surface area contributed by atoms with Gasteiger partial charge in [-0.05, 0) is 29.3 Å². The molecule has 0 aromatic heterocycles. The van der Waals surface area contributed by atoms with Crippen LogP contribution in [0, 0.1) is 0 Å². The van der Waals surface area contributed by atoms with Gasteiger partial charge in [-0.15, -0.1) is 0 Å². The molecule has 118 valence electrons. The third-order valence-corrected chi connectivity index (χ3v) is 4.19. The molecule has 6 heteroatoms. The number of hydrogen-bond donors (Lipinski definition) is 2. The van der Waals surface area contributed by atoms with Gasteiger partial charge in [-0.3, -0.25) is 4.79 Å². The molecule has 0 spiro atoms. The Labute approximate surface area is 132 Å². The number of carbonyl (C=O) groups excluding carboxylic acids is 1. The molecule has 0 fully saturated rings. The van der Waals surface area contributed by atoms with Crippen molar-refractivity contribution in [1.82, 2.24) is 0 Å². The molecule has 2 aliphatic heterocycles. The summed E-state index contributed by atoms with van der Waals surface area (Å²) in [6.45, 7) is 0.181. The van der Waals surface area contributed by atoms with E-state index in [0.717, 1.165) is 11.1 Å². The number of amides is 1. The first-order valence-electron chi connectivity index (χ1n) is 7.26. The summed E-state index contributed by atoms with van der Waals surface area (Å²) < 4.78 is 15.9. The van der Waals surface area contributed by atoms with Gasteiger partial charge in [0.05, 0.1) is 7.11 Å². The van der Waals surface area contributed by atoms with Crippen LogP contribution in [0.1, 0.15) is 23.5 Å². The Morgan fingerprint density at radius 1 is 1.22 bits per heavy atom. The second-order valence-electron chi connectivity index (χ2n) is 5.53. The number of hydrogen-bond acceptors (Lipinski definition) is 5. The van der Waals surface area contributed by atoms with Gasteiger partial charge >= 0.3 is 0 Å². The topological polar surface area (TPSA) is 77.0 Å². The molecule has 2 aromatic rings. The minimum Gasteiger partial charge on any atom is -0.504 e. The highest BCUT2D eigenvalue weighted by atomic mass is 16.7. The van der Waals surface area contributed by atoms with Crippen LogP contribution in [0.2, 0.25) is 0 Å². The van der Waals surface area contributed by atoms with E-state index in [1.54, 1.807) is 18.2 Å². The first kappa shape index (κ1) is 13.8. The molecule has 1 amide bonds. The first-order valence-corrected chi connectivity index (χ1v) is 7.26. The molecule has 1 unspecified atom stereocenters. The summed E-state index contributed by atoms with van der Waals surface area (Å²) in [5.41, 5.74) is 2.50. The number of aromatic hydroxyl groups is 1. The molecular weight excluding hydrogens is 298 g/mol. The Kier molecular flexibility index (Phi) is 3.04. The molecule has 23 heavy (non-hydrogen) atoms. The van der Waals surface area contributed by atoms with Crippen molar-refractivity contribution in [3.8, 4) is 23.0 Å². The summed E-state index contributed by atoms with van der Waals surface area (Å²) in [6, 6.07) is 8.87. The Morgan fingerprint density at radius 2 is 2.00 bits per heavy atom. The molecular formula is C17H15NO5. The van der Waals surface area contributed by atoms with Crippen molar-refractivity contribution >= 4 is 11.6 Å². The SMILES string of the molecule is COc1ccc(C2CC(=O)Nc3cc4c(cc32)OCO4)cc1O. The number of rotatable bonds is 2. The van der Waals surface area contributed by atoms with Gasteiger partial charge in [0, 0.05) is 24.1 Å². The second-order valence-corrected chi connectivity index (χ2v) is 5.53. The Bertz CT molecular complexity index is 802. The fourth-order valence-corrected chi connectivity index (χ4v) is 3.07. The molecule has 6 nitrogen and oxygen atoms in total. The smallest absolute Gasteiger partial charge is 0.231 e. The molecule has 0 saturated heterocycles. The maximum Gasteiger partial charge on any atom is 0.231 e. The van der Waals surface area contributed by atoms with Crippen LogP contribution in [0.5, 0.6) is 23.0 Å². The van der Waals surface area contributed by atoms with Crippen molar-refractivity contribution in [2.75, 3.05) is 19.2 Å². The summed E-state index contributed by atoms with van der Waals surface area (Å²) >= 11 is 0.